The zero-order valence-corrected chi connectivity index (χ0v) is 21.1. The minimum Gasteiger partial charge on any atom is -0.0651 e. The largest absolute Gasteiger partial charge is 0.0651 e. The third-order valence-corrected chi connectivity index (χ3v) is 6.25. The average Bonchev–Trinajstić information content (AvgIpc) is 3.07. The summed E-state index contributed by atoms with van der Waals surface area (Å²) in [6.07, 6.45) is 8.30. The van der Waals surface area contributed by atoms with Crippen molar-refractivity contribution in [3.05, 3.63) is 75.4 Å². The first kappa shape index (κ1) is 24.4. The second-order valence-corrected chi connectivity index (χ2v) is 10.7. The summed E-state index contributed by atoms with van der Waals surface area (Å²) in [5.74, 6) is 0. The van der Waals surface area contributed by atoms with Gasteiger partial charge in [-0.1, -0.05) is 108 Å². The van der Waals surface area contributed by atoms with Gasteiger partial charge in [0.1, 0.15) is 0 Å². The van der Waals surface area contributed by atoms with Crippen molar-refractivity contribution in [3.63, 3.8) is 0 Å². The highest BCUT2D eigenvalue weighted by Gasteiger charge is 2.35. The van der Waals surface area contributed by atoms with E-state index >= 15 is 0 Å². The van der Waals surface area contributed by atoms with Gasteiger partial charge >= 0.3 is 0 Å². The van der Waals surface area contributed by atoms with Crippen LogP contribution in [0.25, 0.3) is 6.08 Å². The second kappa shape index (κ2) is 9.99. The van der Waals surface area contributed by atoms with Crippen molar-refractivity contribution in [2.45, 2.75) is 99.8 Å². The van der Waals surface area contributed by atoms with Gasteiger partial charge in [0.2, 0.25) is 0 Å². The lowest BCUT2D eigenvalue weighted by atomic mass is 9.69. The van der Waals surface area contributed by atoms with Crippen LogP contribution >= 0.6 is 0 Å². The van der Waals surface area contributed by atoms with Crippen LogP contribution in [-0.2, 0) is 18.3 Å². The summed E-state index contributed by atoms with van der Waals surface area (Å²) in [4.78, 5) is 0. The van der Waals surface area contributed by atoms with Crippen LogP contribution in [0.1, 0.15) is 101 Å². The van der Waals surface area contributed by atoms with E-state index in [9.17, 15) is 0 Å². The van der Waals surface area contributed by atoms with E-state index in [0.29, 0.717) is 5.41 Å². The number of benzene rings is 2. The molecule has 0 bridgehead atoms. The van der Waals surface area contributed by atoms with Crippen LogP contribution in [0.15, 0.2) is 42.0 Å². The monoisotopic (exact) mass is 404 g/mol. The molecule has 0 unspecified atom stereocenters. The van der Waals surface area contributed by atoms with Gasteiger partial charge < -0.3 is 0 Å². The Balaban J connectivity index is 0.000000575. The summed E-state index contributed by atoms with van der Waals surface area (Å²) in [6.45, 7) is 20.2. The van der Waals surface area contributed by atoms with Gasteiger partial charge in [-0.15, -0.1) is 0 Å². The number of hydrogen-bond donors (Lipinski definition) is 0. The van der Waals surface area contributed by atoms with Crippen LogP contribution in [0.2, 0.25) is 0 Å². The number of fused-ring (bicyclic) bond motifs is 1. The van der Waals surface area contributed by atoms with Crippen molar-refractivity contribution in [3.8, 4) is 0 Å². The third-order valence-electron chi connectivity index (χ3n) is 6.25. The summed E-state index contributed by atoms with van der Waals surface area (Å²) >= 11 is 0. The fourth-order valence-electron chi connectivity index (χ4n) is 4.62. The van der Waals surface area contributed by atoms with E-state index < -0.39 is 0 Å². The fraction of sp³-hybridized carbons (Fsp3) is 0.533. The Kier molecular flexibility index (Phi) is 8.14. The van der Waals surface area contributed by atoms with E-state index in [1.165, 1.54) is 46.2 Å². The van der Waals surface area contributed by atoms with Gasteiger partial charge in [0.25, 0.3) is 0 Å². The number of allylic oxidation sites excluding steroid dienone is 1. The number of hydrogen-bond acceptors (Lipinski definition) is 0. The standard InChI is InChI=1S/C25H32.C5H12/c1-6-9-20-12-13-23(15-19(20)5)25(7-2,8-3)24-16-21-11-10-18(4)14-22(21)17-24;1-5(2,3)4/h10-16H,6-9,17H2,1-5H3;1-4H3. The highest BCUT2D eigenvalue weighted by Crippen LogP contribution is 2.45. The quantitative estimate of drug-likeness (QED) is 0.450. The van der Waals surface area contributed by atoms with Crippen molar-refractivity contribution in [2.75, 3.05) is 0 Å². The topological polar surface area (TPSA) is 0 Å². The number of rotatable bonds is 6. The van der Waals surface area contributed by atoms with E-state index in [-0.39, 0.29) is 5.41 Å². The Hall–Kier alpha value is -1.82. The minimum absolute atomic E-state index is 0.169. The van der Waals surface area contributed by atoms with Crippen LogP contribution in [0, 0.1) is 19.3 Å². The van der Waals surface area contributed by atoms with Crippen molar-refractivity contribution < 1.29 is 0 Å². The summed E-state index contributed by atoms with van der Waals surface area (Å²) in [7, 11) is 0. The molecule has 0 N–H and O–H groups in total. The molecule has 0 fully saturated rings. The van der Waals surface area contributed by atoms with E-state index in [1.54, 1.807) is 5.57 Å². The average molecular weight is 405 g/mol. The Morgan fingerprint density at radius 2 is 1.47 bits per heavy atom. The lowest BCUT2D eigenvalue weighted by molar-refractivity contribution is 0.463. The minimum atomic E-state index is 0.169. The van der Waals surface area contributed by atoms with Crippen molar-refractivity contribution >= 4 is 6.08 Å². The Labute approximate surface area is 186 Å². The Morgan fingerprint density at radius 3 is 2.00 bits per heavy atom. The molecule has 0 nitrogen and oxygen atoms in total. The zero-order valence-electron chi connectivity index (χ0n) is 21.1. The van der Waals surface area contributed by atoms with Gasteiger partial charge in [-0.05, 0) is 72.8 Å². The second-order valence-electron chi connectivity index (χ2n) is 10.7. The maximum absolute atomic E-state index is 2.47. The Morgan fingerprint density at radius 1 is 0.833 bits per heavy atom. The molecule has 2 aromatic carbocycles. The zero-order chi connectivity index (χ0) is 22.5. The molecule has 0 saturated heterocycles. The molecule has 164 valence electrons. The van der Waals surface area contributed by atoms with Crippen LogP contribution in [-0.4, -0.2) is 0 Å². The van der Waals surface area contributed by atoms with E-state index in [4.69, 9.17) is 0 Å². The van der Waals surface area contributed by atoms with Crippen LogP contribution in [0.5, 0.6) is 0 Å². The smallest absolute Gasteiger partial charge is 0.0163 e. The maximum atomic E-state index is 2.47. The van der Waals surface area contributed by atoms with Gasteiger partial charge in [0.05, 0.1) is 0 Å². The first-order valence-corrected chi connectivity index (χ1v) is 11.9. The van der Waals surface area contributed by atoms with E-state index in [2.05, 4.69) is 105 Å². The van der Waals surface area contributed by atoms with Gasteiger partial charge in [-0.2, -0.15) is 0 Å². The highest BCUT2D eigenvalue weighted by atomic mass is 14.4. The third kappa shape index (κ3) is 5.87. The molecule has 0 saturated carbocycles. The molecule has 0 radical (unpaired) electrons. The van der Waals surface area contributed by atoms with Gasteiger partial charge in [-0.25, -0.2) is 0 Å². The van der Waals surface area contributed by atoms with Crippen molar-refractivity contribution in [1.82, 2.24) is 0 Å². The molecule has 0 spiro atoms. The lowest BCUT2D eigenvalue weighted by Crippen LogP contribution is -2.27. The highest BCUT2D eigenvalue weighted by molar-refractivity contribution is 5.67. The predicted molar refractivity (Wildman–Crippen MR) is 135 cm³/mol. The molecule has 1 aliphatic rings. The molecule has 0 heterocycles. The van der Waals surface area contributed by atoms with Crippen molar-refractivity contribution in [1.29, 1.82) is 0 Å². The van der Waals surface area contributed by atoms with E-state index in [1.807, 2.05) is 0 Å². The molecule has 0 aromatic heterocycles. The molecule has 3 rings (SSSR count). The molecular formula is C30H44. The SMILES string of the molecule is CC(C)(C)C.CCCc1ccc(C(CC)(CC)C2=Cc3ccc(C)cc3C2)cc1C. The normalized spacial score (nSPS) is 13.4. The molecular weight excluding hydrogens is 360 g/mol. The van der Waals surface area contributed by atoms with E-state index in [0.717, 1.165) is 19.3 Å². The molecule has 30 heavy (non-hydrogen) atoms. The summed E-state index contributed by atoms with van der Waals surface area (Å²) in [6, 6.07) is 14.1. The molecule has 0 aliphatic heterocycles. The first-order valence-electron chi connectivity index (χ1n) is 11.9. The molecule has 0 atom stereocenters. The van der Waals surface area contributed by atoms with Crippen LogP contribution in [0.3, 0.4) is 0 Å². The van der Waals surface area contributed by atoms with Gasteiger partial charge in [0, 0.05) is 5.41 Å². The predicted octanol–water partition coefficient (Wildman–Crippen LogP) is 9.01. The lowest BCUT2D eigenvalue weighted by Gasteiger charge is -2.35. The van der Waals surface area contributed by atoms with Crippen LogP contribution in [0.4, 0.5) is 0 Å². The van der Waals surface area contributed by atoms with Gasteiger partial charge in [0.15, 0.2) is 0 Å². The molecule has 0 amide bonds. The maximum Gasteiger partial charge on any atom is 0.0163 e. The summed E-state index contributed by atoms with van der Waals surface area (Å²) in [5, 5.41) is 0. The van der Waals surface area contributed by atoms with Crippen molar-refractivity contribution in [2.24, 2.45) is 5.41 Å². The summed E-state index contributed by atoms with van der Waals surface area (Å²) < 4.78 is 0. The molecule has 2 aromatic rings. The number of aryl methyl sites for hydroxylation is 3. The fourth-order valence-corrected chi connectivity index (χ4v) is 4.62. The van der Waals surface area contributed by atoms with Gasteiger partial charge in [-0.3, -0.25) is 0 Å². The molecule has 0 heteroatoms. The summed E-state index contributed by atoms with van der Waals surface area (Å²) in [5.41, 5.74) is 11.0. The van der Waals surface area contributed by atoms with Crippen LogP contribution < -0.4 is 0 Å². The molecule has 1 aliphatic carbocycles. The Bertz CT molecular complexity index is 863. The first-order chi connectivity index (χ1) is 14.0.